The molecule has 0 aliphatic heterocycles. The van der Waals surface area contributed by atoms with Crippen LogP contribution in [0.2, 0.25) is 0 Å². The molecule has 3 heteroatoms. The minimum Gasteiger partial charge on any atom is -0.670 e. The second-order valence-corrected chi connectivity index (χ2v) is 4.25. The van der Waals surface area contributed by atoms with Crippen LogP contribution in [0.4, 0.5) is 0 Å². The average Bonchev–Trinajstić information content (AvgIpc) is 1.94. The van der Waals surface area contributed by atoms with Crippen LogP contribution in [0, 0.1) is 5.92 Å². The van der Waals surface area contributed by atoms with E-state index in [2.05, 4.69) is 6.58 Å². The van der Waals surface area contributed by atoms with E-state index < -0.39 is 11.6 Å². The van der Waals surface area contributed by atoms with E-state index in [0.29, 0.717) is 5.92 Å². The van der Waals surface area contributed by atoms with Crippen LogP contribution in [0.15, 0.2) is 12.2 Å². The minimum atomic E-state index is -0.633. The molecule has 0 bridgehead atoms. The van der Waals surface area contributed by atoms with Gasteiger partial charge in [0.1, 0.15) is 0 Å². The Balaban J connectivity index is 0.00000144. The maximum atomic E-state index is 9.63. The fourth-order valence-corrected chi connectivity index (χ4v) is 1.74. The van der Waals surface area contributed by atoms with Crippen LogP contribution in [0.5, 0.6) is 0 Å². The van der Waals surface area contributed by atoms with E-state index in [4.69, 9.17) is 5.73 Å². The summed E-state index contributed by atoms with van der Waals surface area (Å²) in [6, 6.07) is 0. The number of aliphatic hydroxyl groups is 1. The SMILES string of the molecule is C=C(C)[C@@H]1CC[C@](C)([NH-])[C@@H](O)C1.[Li+]. The van der Waals surface area contributed by atoms with Gasteiger partial charge in [-0.1, -0.05) is 25.5 Å². The standard InChI is InChI=1S/C10H18NO.Li/c1-7(2)8-4-5-10(3,11)9(12)6-8;/h8-9,11-12H,1,4-6H2,2-3H3;/q-1;+1/t8-,9+,10+;/m1./s1. The molecular weight excluding hydrogens is 157 g/mol. The fraction of sp³-hybridized carbons (Fsp3) is 0.800. The van der Waals surface area contributed by atoms with Crippen LogP contribution in [-0.4, -0.2) is 16.7 Å². The van der Waals surface area contributed by atoms with Gasteiger partial charge < -0.3 is 10.8 Å². The Labute approximate surface area is 92.8 Å². The van der Waals surface area contributed by atoms with Crippen LogP contribution >= 0.6 is 0 Å². The third kappa shape index (κ3) is 3.14. The second kappa shape index (κ2) is 4.66. The van der Waals surface area contributed by atoms with Gasteiger partial charge in [0.25, 0.3) is 0 Å². The molecule has 0 aromatic heterocycles. The summed E-state index contributed by atoms with van der Waals surface area (Å²) in [6.07, 6.45) is 2.03. The number of rotatable bonds is 1. The normalized spacial score (nSPS) is 39.4. The summed E-state index contributed by atoms with van der Waals surface area (Å²) in [6.45, 7) is 7.70. The molecule has 0 radical (unpaired) electrons. The van der Waals surface area contributed by atoms with Crippen molar-refractivity contribution in [2.24, 2.45) is 5.92 Å². The van der Waals surface area contributed by atoms with Gasteiger partial charge in [0, 0.05) is 6.10 Å². The first-order valence-electron chi connectivity index (χ1n) is 4.52. The van der Waals surface area contributed by atoms with Gasteiger partial charge in [-0.3, -0.25) is 0 Å². The van der Waals surface area contributed by atoms with Crippen LogP contribution in [0.1, 0.15) is 33.1 Å². The van der Waals surface area contributed by atoms with Gasteiger partial charge in [-0.2, -0.15) is 0 Å². The molecule has 0 spiro atoms. The van der Waals surface area contributed by atoms with Crippen LogP contribution < -0.4 is 18.9 Å². The first-order valence-corrected chi connectivity index (χ1v) is 4.52. The van der Waals surface area contributed by atoms with Crippen LogP contribution in [0.25, 0.3) is 5.73 Å². The predicted molar refractivity (Wildman–Crippen MR) is 50.9 cm³/mol. The van der Waals surface area contributed by atoms with Gasteiger partial charge in [-0.05, 0) is 25.7 Å². The molecule has 1 aliphatic carbocycles. The summed E-state index contributed by atoms with van der Waals surface area (Å²) < 4.78 is 0. The molecule has 70 valence electrons. The van der Waals surface area contributed by atoms with Crippen molar-refractivity contribution in [2.45, 2.75) is 44.8 Å². The summed E-state index contributed by atoms with van der Waals surface area (Å²) in [5.74, 6) is 0.429. The molecule has 0 amide bonds. The first kappa shape index (κ1) is 13.3. The molecule has 1 rings (SSSR count). The van der Waals surface area contributed by atoms with Gasteiger partial charge in [-0.25, -0.2) is 0 Å². The Kier molecular flexibility index (Phi) is 4.75. The summed E-state index contributed by atoms with van der Waals surface area (Å²) in [7, 11) is 0. The fourth-order valence-electron chi connectivity index (χ4n) is 1.74. The summed E-state index contributed by atoms with van der Waals surface area (Å²) in [5.41, 5.74) is 8.29. The van der Waals surface area contributed by atoms with Crippen molar-refractivity contribution in [3.63, 3.8) is 0 Å². The summed E-state index contributed by atoms with van der Waals surface area (Å²) in [5, 5.41) is 9.63. The van der Waals surface area contributed by atoms with Crippen molar-refractivity contribution in [3.8, 4) is 0 Å². The number of nitrogens with one attached hydrogen (secondary N) is 1. The molecule has 3 atom stereocenters. The third-order valence-corrected chi connectivity index (χ3v) is 2.95. The molecule has 1 fully saturated rings. The predicted octanol–water partition coefficient (Wildman–Crippen LogP) is -0.462. The molecule has 0 aromatic rings. The maximum Gasteiger partial charge on any atom is 1.00 e. The third-order valence-electron chi connectivity index (χ3n) is 2.95. The number of aliphatic hydroxyl groups excluding tert-OH is 1. The smallest absolute Gasteiger partial charge is 0.670 e. The Morgan fingerprint density at radius 1 is 1.62 bits per heavy atom. The number of hydrogen-bond donors (Lipinski definition) is 1. The van der Waals surface area contributed by atoms with E-state index in [9.17, 15) is 5.11 Å². The number of hydrogen-bond acceptors (Lipinski definition) is 1. The van der Waals surface area contributed by atoms with Gasteiger partial charge >= 0.3 is 18.9 Å². The van der Waals surface area contributed by atoms with E-state index in [1.807, 2.05) is 13.8 Å². The largest absolute Gasteiger partial charge is 1.00 e. The van der Waals surface area contributed by atoms with Gasteiger partial charge in [0.15, 0.2) is 0 Å². The molecule has 0 unspecified atom stereocenters. The van der Waals surface area contributed by atoms with Crippen molar-refractivity contribution in [1.29, 1.82) is 0 Å². The zero-order valence-corrected chi connectivity index (χ0v) is 8.93. The molecule has 0 saturated heterocycles. The van der Waals surface area contributed by atoms with Crippen molar-refractivity contribution in [1.82, 2.24) is 0 Å². The zero-order valence-electron chi connectivity index (χ0n) is 8.93. The van der Waals surface area contributed by atoms with E-state index in [0.717, 1.165) is 24.8 Å². The van der Waals surface area contributed by atoms with E-state index in [1.165, 1.54) is 0 Å². The minimum absolute atomic E-state index is 0. The Hall–Kier alpha value is 0.257. The first-order chi connectivity index (χ1) is 5.43. The average molecular weight is 175 g/mol. The van der Waals surface area contributed by atoms with Gasteiger partial charge in [0.05, 0.1) is 0 Å². The molecule has 2 N–H and O–H groups in total. The van der Waals surface area contributed by atoms with Crippen molar-refractivity contribution < 1.29 is 24.0 Å². The molecule has 0 aromatic carbocycles. The van der Waals surface area contributed by atoms with Crippen molar-refractivity contribution in [3.05, 3.63) is 17.9 Å². The summed E-state index contributed by atoms with van der Waals surface area (Å²) >= 11 is 0. The Morgan fingerprint density at radius 2 is 2.15 bits per heavy atom. The van der Waals surface area contributed by atoms with E-state index >= 15 is 0 Å². The van der Waals surface area contributed by atoms with Gasteiger partial charge in [0.2, 0.25) is 0 Å². The van der Waals surface area contributed by atoms with Crippen molar-refractivity contribution in [2.75, 3.05) is 0 Å². The van der Waals surface area contributed by atoms with E-state index in [1.54, 1.807) is 0 Å². The monoisotopic (exact) mass is 175 g/mol. The molecule has 13 heavy (non-hydrogen) atoms. The zero-order chi connectivity index (χ0) is 9.35. The quantitative estimate of drug-likeness (QED) is 0.425. The molecule has 1 saturated carbocycles. The van der Waals surface area contributed by atoms with Gasteiger partial charge in [-0.15, -0.1) is 5.54 Å². The second-order valence-electron chi connectivity index (χ2n) is 4.25. The summed E-state index contributed by atoms with van der Waals surface area (Å²) in [4.78, 5) is 0. The maximum absolute atomic E-state index is 9.63. The molecule has 2 nitrogen and oxygen atoms in total. The Bertz CT molecular complexity index is 191. The van der Waals surface area contributed by atoms with Crippen molar-refractivity contribution >= 4 is 0 Å². The molecular formula is C10H18LiNO. The number of allylic oxidation sites excluding steroid dienone is 1. The van der Waals surface area contributed by atoms with Crippen LogP contribution in [0.3, 0.4) is 0 Å². The molecule has 1 aliphatic rings. The molecule has 0 heterocycles. The Morgan fingerprint density at radius 3 is 2.54 bits per heavy atom. The van der Waals surface area contributed by atoms with E-state index in [-0.39, 0.29) is 18.9 Å². The van der Waals surface area contributed by atoms with Crippen LogP contribution in [-0.2, 0) is 0 Å². The topological polar surface area (TPSA) is 44.0 Å².